The van der Waals surface area contributed by atoms with Crippen molar-refractivity contribution in [2.24, 2.45) is 10.7 Å². The van der Waals surface area contributed by atoms with Gasteiger partial charge in [-0.2, -0.15) is 26.3 Å². The molecule has 1 rings (SSSR count). The van der Waals surface area contributed by atoms with Gasteiger partial charge in [-0.3, -0.25) is 9.79 Å². The Kier molecular flexibility index (Phi) is 12.1. The number of Topliss-reactive ketones (excluding diaryl/α,β-unsaturated/α-hetero) is 1. The maximum absolute atomic E-state index is 12.9. The van der Waals surface area contributed by atoms with E-state index in [9.17, 15) is 31.1 Å². The van der Waals surface area contributed by atoms with E-state index in [-0.39, 0.29) is 23.0 Å². The van der Waals surface area contributed by atoms with Crippen LogP contribution in [0, 0.1) is 0 Å². The topological polar surface area (TPSA) is 55.5 Å². The van der Waals surface area contributed by atoms with Crippen molar-refractivity contribution in [1.82, 2.24) is 0 Å². The molecule has 0 spiro atoms. The van der Waals surface area contributed by atoms with Crippen LogP contribution in [0.1, 0.15) is 90.3 Å². The molecule has 0 saturated carbocycles. The minimum atomic E-state index is -4.85. The minimum absolute atomic E-state index is 0.120. The molecule has 33 heavy (non-hydrogen) atoms. The van der Waals surface area contributed by atoms with Crippen LogP contribution in [0.25, 0.3) is 5.57 Å². The molecule has 0 aliphatic carbocycles. The van der Waals surface area contributed by atoms with Crippen molar-refractivity contribution in [3.8, 4) is 0 Å². The Morgan fingerprint density at radius 2 is 1.36 bits per heavy atom. The van der Waals surface area contributed by atoms with Gasteiger partial charge in [0.15, 0.2) is 5.78 Å². The Hall–Kier alpha value is -2.16. The van der Waals surface area contributed by atoms with Gasteiger partial charge in [0.25, 0.3) is 0 Å². The molecule has 0 radical (unpaired) electrons. The molecule has 0 bridgehead atoms. The SMILES string of the molecule is CCCC(=O)C(C)(C)N.CCCC(CC)=N/C=C(\C)c1cc(C(F)(F)F)cc(C(F)(F)F)c1. The molecule has 0 unspecified atom stereocenters. The molecule has 2 N–H and O–H groups in total. The minimum Gasteiger partial charge on any atom is -0.319 e. The van der Waals surface area contributed by atoms with Crippen LogP contribution in [0.2, 0.25) is 0 Å². The van der Waals surface area contributed by atoms with Gasteiger partial charge in [-0.05, 0) is 69.4 Å². The third-order valence-electron chi connectivity index (χ3n) is 4.63. The summed E-state index contributed by atoms with van der Waals surface area (Å²) in [5, 5.41) is 0. The number of alkyl halides is 6. The molecule has 0 aliphatic rings. The normalized spacial score (nSPS) is 13.5. The first-order valence-electron chi connectivity index (χ1n) is 10.8. The fourth-order valence-electron chi connectivity index (χ4n) is 2.62. The maximum Gasteiger partial charge on any atom is 0.416 e. The smallest absolute Gasteiger partial charge is 0.319 e. The average Bonchev–Trinajstić information content (AvgIpc) is 2.69. The number of nitrogens with zero attached hydrogens (tertiary/aromatic N) is 1. The van der Waals surface area contributed by atoms with Crippen molar-refractivity contribution in [3.63, 3.8) is 0 Å². The number of aliphatic imine (C=N–C) groups is 1. The van der Waals surface area contributed by atoms with E-state index in [0.29, 0.717) is 25.0 Å². The number of carbonyl (C=O) groups is 1. The van der Waals surface area contributed by atoms with E-state index in [2.05, 4.69) is 4.99 Å². The molecule has 0 aromatic heterocycles. The van der Waals surface area contributed by atoms with Crippen LogP contribution >= 0.6 is 0 Å². The summed E-state index contributed by atoms with van der Waals surface area (Å²) in [6.45, 7) is 10.8. The third kappa shape index (κ3) is 11.5. The zero-order valence-electron chi connectivity index (χ0n) is 20.0. The van der Waals surface area contributed by atoms with Crippen molar-refractivity contribution >= 4 is 17.1 Å². The summed E-state index contributed by atoms with van der Waals surface area (Å²) < 4.78 is 77.1. The van der Waals surface area contributed by atoms with Crippen LogP contribution in [0.3, 0.4) is 0 Å². The molecule has 0 saturated heterocycles. The van der Waals surface area contributed by atoms with E-state index in [1.165, 1.54) is 13.1 Å². The van der Waals surface area contributed by atoms with Crippen molar-refractivity contribution in [1.29, 1.82) is 0 Å². The highest BCUT2D eigenvalue weighted by Gasteiger charge is 2.37. The van der Waals surface area contributed by atoms with Crippen LogP contribution in [0.4, 0.5) is 26.3 Å². The molecule has 1 aromatic carbocycles. The summed E-state index contributed by atoms with van der Waals surface area (Å²) in [6, 6.07) is 1.54. The number of hydrogen-bond acceptors (Lipinski definition) is 3. The monoisotopic (exact) mass is 480 g/mol. The van der Waals surface area contributed by atoms with E-state index >= 15 is 0 Å². The molecule has 0 amide bonds. The first-order valence-corrected chi connectivity index (χ1v) is 10.8. The average molecular weight is 481 g/mol. The van der Waals surface area contributed by atoms with Gasteiger partial charge in [0, 0.05) is 18.3 Å². The number of hydrogen-bond donors (Lipinski definition) is 1. The molecule has 0 aliphatic heterocycles. The quantitative estimate of drug-likeness (QED) is 0.304. The largest absolute Gasteiger partial charge is 0.416 e. The Labute approximate surface area is 192 Å². The number of allylic oxidation sites excluding steroid dienone is 1. The zero-order chi connectivity index (χ0) is 26.0. The van der Waals surface area contributed by atoms with E-state index < -0.39 is 29.0 Å². The fourth-order valence-corrected chi connectivity index (χ4v) is 2.62. The Bertz CT molecular complexity index is 799. The zero-order valence-corrected chi connectivity index (χ0v) is 20.0. The number of ketones is 1. The lowest BCUT2D eigenvalue weighted by molar-refractivity contribution is -0.143. The molecular formula is C24H34F6N2O. The summed E-state index contributed by atoms with van der Waals surface area (Å²) in [7, 11) is 0. The van der Waals surface area contributed by atoms with Crippen molar-refractivity contribution < 1.29 is 31.1 Å². The summed E-state index contributed by atoms with van der Waals surface area (Å²) >= 11 is 0. The van der Waals surface area contributed by atoms with Crippen LogP contribution in [0.5, 0.6) is 0 Å². The molecule has 3 nitrogen and oxygen atoms in total. The van der Waals surface area contributed by atoms with Crippen molar-refractivity contribution in [3.05, 3.63) is 41.1 Å². The number of rotatable bonds is 8. The van der Waals surface area contributed by atoms with Gasteiger partial charge in [-0.25, -0.2) is 0 Å². The van der Waals surface area contributed by atoms with E-state index in [4.69, 9.17) is 5.73 Å². The molecule has 188 valence electrons. The standard InChI is InChI=1S/C17H19F6N.C7H15NO/c1-4-6-15(5-2)24-10-11(3)12-7-13(16(18,19)20)9-14(8-12)17(21,22)23;1-4-5-6(9)7(2,3)8/h7-10H,4-6H2,1-3H3;4-5,8H2,1-3H3/b11-10+,24-15?;. The number of benzene rings is 1. The number of carbonyl (C=O) groups excluding carboxylic acids is 1. The lowest BCUT2D eigenvalue weighted by Gasteiger charge is -2.15. The number of halogens is 6. The van der Waals surface area contributed by atoms with Gasteiger partial charge in [-0.15, -0.1) is 0 Å². The van der Waals surface area contributed by atoms with Gasteiger partial charge < -0.3 is 5.73 Å². The fraction of sp³-hybridized carbons (Fsp3) is 0.583. The van der Waals surface area contributed by atoms with Crippen LogP contribution in [-0.2, 0) is 17.1 Å². The molecular weight excluding hydrogens is 446 g/mol. The first kappa shape index (κ1) is 30.8. The summed E-state index contributed by atoms with van der Waals surface area (Å²) in [6.07, 6.45) is -4.62. The van der Waals surface area contributed by atoms with Gasteiger partial charge in [-0.1, -0.05) is 27.2 Å². The second-order valence-electron chi connectivity index (χ2n) is 8.30. The van der Waals surface area contributed by atoms with E-state index in [1.807, 2.05) is 20.8 Å². The number of nitrogens with two attached hydrogens (primary N) is 1. The summed E-state index contributed by atoms with van der Waals surface area (Å²) in [5.74, 6) is 0.144. The van der Waals surface area contributed by atoms with E-state index in [0.717, 1.165) is 25.0 Å². The predicted molar refractivity (Wildman–Crippen MR) is 121 cm³/mol. The van der Waals surface area contributed by atoms with Gasteiger partial charge in [0.2, 0.25) is 0 Å². The third-order valence-corrected chi connectivity index (χ3v) is 4.63. The lowest BCUT2D eigenvalue weighted by Crippen LogP contribution is -2.41. The van der Waals surface area contributed by atoms with Gasteiger partial charge >= 0.3 is 12.4 Å². The van der Waals surface area contributed by atoms with Gasteiger partial charge in [0.05, 0.1) is 16.7 Å². The maximum atomic E-state index is 12.9. The van der Waals surface area contributed by atoms with Crippen LogP contribution in [-0.4, -0.2) is 17.0 Å². The molecule has 0 heterocycles. The highest BCUT2D eigenvalue weighted by Crippen LogP contribution is 2.37. The van der Waals surface area contributed by atoms with Crippen molar-refractivity contribution in [2.45, 2.75) is 91.5 Å². The van der Waals surface area contributed by atoms with Gasteiger partial charge in [0.1, 0.15) is 0 Å². The lowest BCUT2D eigenvalue weighted by atomic mass is 9.97. The molecule has 0 fully saturated rings. The molecule has 1 aromatic rings. The van der Waals surface area contributed by atoms with Crippen LogP contribution < -0.4 is 5.73 Å². The highest BCUT2D eigenvalue weighted by molar-refractivity contribution is 5.87. The second-order valence-corrected chi connectivity index (χ2v) is 8.30. The second kappa shape index (κ2) is 12.9. The molecule has 0 atom stereocenters. The van der Waals surface area contributed by atoms with Crippen LogP contribution in [0.15, 0.2) is 29.4 Å². The van der Waals surface area contributed by atoms with E-state index in [1.54, 1.807) is 13.8 Å². The first-order chi connectivity index (χ1) is 15.0. The summed E-state index contributed by atoms with van der Waals surface area (Å²) in [5.41, 5.74) is 3.18. The Morgan fingerprint density at radius 1 is 0.909 bits per heavy atom. The Morgan fingerprint density at radius 3 is 1.67 bits per heavy atom. The van der Waals surface area contributed by atoms with Crippen molar-refractivity contribution in [2.75, 3.05) is 0 Å². The predicted octanol–water partition coefficient (Wildman–Crippen LogP) is 7.83. The highest BCUT2D eigenvalue weighted by atomic mass is 19.4. The Balaban J connectivity index is 0.000000960. The molecule has 9 heteroatoms. The summed E-state index contributed by atoms with van der Waals surface area (Å²) in [4.78, 5) is 15.1.